The molecule has 0 aliphatic carbocycles. The molecular formula is C19H17Cl3N2O4S. The Hall–Kier alpha value is -1.77. The van der Waals surface area contributed by atoms with Gasteiger partial charge in [0.05, 0.1) is 10.0 Å². The quantitative estimate of drug-likeness (QED) is 0.332. The third-order valence-electron chi connectivity index (χ3n) is 3.98. The number of rotatable bonds is 8. The van der Waals surface area contributed by atoms with Crippen molar-refractivity contribution in [2.24, 2.45) is 0 Å². The number of nitrogens with one attached hydrogen (secondary N) is 1. The van der Waals surface area contributed by atoms with Crippen LogP contribution in [0.15, 0.2) is 34.4 Å². The number of halogens is 3. The number of hydrogen-bond donors (Lipinski definition) is 1. The molecule has 1 N–H and O–H groups in total. The Kier molecular flexibility index (Phi) is 7.43. The maximum Gasteiger partial charge on any atom is 0.276 e. The number of nitrogens with zero attached hydrogens (tertiary/aromatic N) is 1. The van der Waals surface area contributed by atoms with Crippen molar-refractivity contribution >= 4 is 64.1 Å². The van der Waals surface area contributed by atoms with Crippen LogP contribution in [0.2, 0.25) is 15.1 Å². The van der Waals surface area contributed by atoms with Crippen molar-refractivity contribution in [3.05, 3.63) is 56.6 Å². The molecule has 1 aromatic carbocycles. The number of methoxy groups -OCH3 is 1. The third kappa shape index (κ3) is 5.43. The Labute approximate surface area is 188 Å². The summed E-state index contributed by atoms with van der Waals surface area (Å²) in [4.78, 5) is 14.0. The number of benzene rings is 1. The minimum Gasteiger partial charge on any atom is -0.483 e. The zero-order valence-corrected chi connectivity index (χ0v) is 18.4. The van der Waals surface area contributed by atoms with Crippen LogP contribution >= 0.6 is 47.0 Å². The number of hydrogen-bond acceptors (Lipinski definition) is 5. The van der Waals surface area contributed by atoms with Crippen LogP contribution in [0, 0.1) is 0 Å². The molecule has 1 aliphatic heterocycles. The molecule has 0 bridgehead atoms. The first-order valence-corrected chi connectivity index (χ1v) is 10.1. The normalized spacial score (nSPS) is 15.3. The zero-order chi connectivity index (χ0) is 21.0. The Balaban J connectivity index is 1.64. The van der Waals surface area contributed by atoms with Gasteiger partial charge in [-0.1, -0.05) is 34.8 Å². The monoisotopic (exact) mass is 474 g/mol. The smallest absolute Gasteiger partial charge is 0.276 e. The summed E-state index contributed by atoms with van der Waals surface area (Å²) in [7, 11) is 1.61. The molecule has 3 rings (SSSR count). The molecule has 2 heterocycles. The highest BCUT2D eigenvalue weighted by Gasteiger charge is 2.30. The SMILES string of the molecule is COCCCN1C(=O)/C(=C\c2ccc(COc3c(Cl)cc(Cl)cc3Cl)o2)NC1=S. The predicted octanol–water partition coefficient (Wildman–Crippen LogP) is 4.91. The van der Waals surface area contributed by atoms with Crippen molar-refractivity contribution in [2.75, 3.05) is 20.3 Å². The van der Waals surface area contributed by atoms with E-state index in [9.17, 15) is 4.79 Å². The molecule has 154 valence electrons. The molecule has 2 aromatic rings. The Morgan fingerprint density at radius 1 is 1.24 bits per heavy atom. The maximum atomic E-state index is 12.5. The fourth-order valence-corrected chi connectivity index (χ4v) is 3.85. The predicted molar refractivity (Wildman–Crippen MR) is 116 cm³/mol. The van der Waals surface area contributed by atoms with Crippen molar-refractivity contribution in [3.63, 3.8) is 0 Å². The molecule has 0 radical (unpaired) electrons. The fourth-order valence-electron chi connectivity index (χ4n) is 2.64. The molecule has 1 aromatic heterocycles. The van der Waals surface area contributed by atoms with Gasteiger partial charge in [0.25, 0.3) is 5.91 Å². The Bertz CT molecular complexity index is 938. The van der Waals surface area contributed by atoms with E-state index in [4.69, 9.17) is 60.9 Å². The molecule has 0 spiro atoms. The lowest BCUT2D eigenvalue weighted by atomic mass is 10.3. The molecule has 29 heavy (non-hydrogen) atoms. The van der Waals surface area contributed by atoms with Crippen LogP contribution < -0.4 is 10.1 Å². The van der Waals surface area contributed by atoms with Gasteiger partial charge < -0.3 is 19.2 Å². The molecule has 1 amide bonds. The summed E-state index contributed by atoms with van der Waals surface area (Å²) in [5.74, 6) is 1.12. The molecule has 0 unspecified atom stereocenters. The number of amides is 1. The fraction of sp³-hybridized carbons (Fsp3) is 0.263. The summed E-state index contributed by atoms with van der Waals surface area (Å²) >= 11 is 23.3. The van der Waals surface area contributed by atoms with Gasteiger partial charge in [-0.15, -0.1) is 0 Å². The van der Waals surface area contributed by atoms with Gasteiger partial charge in [0, 0.05) is 31.4 Å². The molecule has 6 nitrogen and oxygen atoms in total. The molecule has 1 saturated heterocycles. The largest absolute Gasteiger partial charge is 0.483 e. The first kappa shape index (κ1) is 21.9. The standard InChI is InChI=1S/C19H17Cl3N2O4S/c1-26-6-2-5-24-18(25)16(23-19(24)29)9-12-3-4-13(28-12)10-27-17-14(21)7-11(20)8-15(17)22/h3-4,7-9H,2,5-6,10H2,1H3,(H,23,29)/b16-9+. The van der Waals surface area contributed by atoms with Crippen molar-refractivity contribution < 1.29 is 18.7 Å². The summed E-state index contributed by atoms with van der Waals surface area (Å²) < 4.78 is 16.3. The second kappa shape index (κ2) is 9.82. The minimum atomic E-state index is -0.208. The summed E-state index contributed by atoms with van der Waals surface area (Å²) in [6, 6.07) is 6.54. The van der Waals surface area contributed by atoms with E-state index in [1.807, 2.05) is 0 Å². The van der Waals surface area contributed by atoms with E-state index in [1.165, 1.54) is 4.90 Å². The lowest BCUT2D eigenvalue weighted by Crippen LogP contribution is -2.32. The first-order valence-electron chi connectivity index (χ1n) is 8.58. The van der Waals surface area contributed by atoms with Crippen LogP contribution in [-0.2, 0) is 16.1 Å². The topological polar surface area (TPSA) is 63.9 Å². The summed E-state index contributed by atoms with van der Waals surface area (Å²) in [6.45, 7) is 1.14. The van der Waals surface area contributed by atoms with Crippen LogP contribution in [-0.4, -0.2) is 36.2 Å². The summed E-state index contributed by atoms with van der Waals surface area (Å²) in [5, 5.41) is 4.29. The average molecular weight is 476 g/mol. The highest BCUT2D eigenvalue weighted by molar-refractivity contribution is 7.80. The number of carbonyl (C=O) groups excluding carboxylic acids is 1. The van der Waals surface area contributed by atoms with Crippen LogP contribution in [0.3, 0.4) is 0 Å². The van der Waals surface area contributed by atoms with Gasteiger partial charge in [-0.25, -0.2) is 0 Å². The Morgan fingerprint density at radius 3 is 2.66 bits per heavy atom. The summed E-state index contributed by atoms with van der Waals surface area (Å²) in [5.41, 5.74) is 0.345. The number of thiocarbonyl (C=S) groups is 1. The van der Waals surface area contributed by atoms with Gasteiger partial charge in [0.15, 0.2) is 10.9 Å². The van der Waals surface area contributed by atoms with Gasteiger partial charge >= 0.3 is 0 Å². The van der Waals surface area contributed by atoms with Crippen LogP contribution in [0.4, 0.5) is 0 Å². The van der Waals surface area contributed by atoms with Gasteiger partial charge in [0.1, 0.15) is 23.8 Å². The molecule has 1 fully saturated rings. The second-order valence-electron chi connectivity index (χ2n) is 6.08. The minimum absolute atomic E-state index is 0.104. The molecule has 0 saturated carbocycles. The Morgan fingerprint density at radius 2 is 1.97 bits per heavy atom. The molecular weight excluding hydrogens is 459 g/mol. The van der Waals surface area contributed by atoms with E-state index >= 15 is 0 Å². The van der Waals surface area contributed by atoms with E-state index in [0.717, 1.165) is 0 Å². The second-order valence-corrected chi connectivity index (χ2v) is 7.72. The van der Waals surface area contributed by atoms with Crippen molar-refractivity contribution in [3.8, 4) is 5.75 Å². The highest BCUT2D eigenvalue weighted by atomic mass is 35.5. The van der Waals surface area contributed by atoms with Crippen LogP contribution in [0.1, 0.15) is 17.9 Å². The summed E-state index contributed by atoms with van der Waals surface area (Å²) in [6.07, 6.45) is 2.28. The van der Waals surface area contributed by atoms with Crippen molar-refractivity contribution in [1.29, 1.82) is 0 Å². The number of carbonyl (C=O) groups is 1. The first-order chi connectivity index (χ1) is 13.9. The van der Waals surface area contributed by atoms with Crippen LogP contribution in [0.25, 0.3) is 6.08 Å². The third-order valence-corrected chi connectivity index (χ3v) is 5.09. The lowest BCUT2D eigenvalue weighted by Gasteiger charge is -2.12. The van der Waals surface area contributed by atoms with Gasteiger partial charge in [-0.05, 0) is 42.9 Å². The molecule has 10 heteroatoms. The molecule has 1 aliphatic rings. The van der Waals surface area contributed by atoms with E-state index in [-0.39, 0.29) is 12.5 Å². The van der Waals surface area contributed by atoms with Gasteiger partial charge in [-0.2, -0.15) is 0 Å². The van der Waals surface area contributed by atoms with Gasteiger partial charge in [0.2, 0.25) is 0 Å². The van der Waals surface area contributed by atoms with E-state index in [0.29, 0.717) is 62.7 Å². The zero-order valence-electron chi connectivity index (χ0n) is 15.3. The lowest BCUT2D eigenvalue weighted by molar-refractivity contribution is -0.122. The highest BCUT2D eigenvalue weighted by Crippen LogP contribution is 2.36. The van der Waals surface area contributed by atoms with Crippen molar-refractivity contribution in [2.45, 2.75) is 13.0 Å². The maximum absolute atomic E-state index is 12.5. The van der Waals surface area contributed by atoms with E-state index in [2.05, 4.69) is 5.32 Å². The molecule has 0 atom stereocenters. The number of ether oxygens (including phenoxy) is 2. The van der Waals surface area contributed by atoms with Crippen LogP contribution in [0.5, 0.6) is 5.75 Å². The van der Waals surface area contributed by atoms with E-state index < -0.39 is 0 Å². The average Bonchev–Trinajstić information content (AvgIpc) is 3.20. The van der Waals surface area contributed by atoms with Gasteiger partial charge in [-0.3, -0.25) is 9.69 Å². The van der Waals surface area contributed by atoms with E-state index in [1.54, 1.807) is 37.5 Å². The number of furan rings is 1. The van der Waals surface area contributed by atoms with Crippen molar-refractivity contribution in [1.82, 2.24) is 10.2 Å².